The molecule has 0 bridgehead atoms. The van der Waals surface area contributed by atoms with Gasteiger partial charge in [0.25, 0.3) is 0 Å². The predicted molar refractivity (Wildman–Crippen MR) is 95.5 cm³/mol. The summed E-state index contributed by atoms with van der Waals surface area (Å²) in [7, 11) is -3.19. The van der Waals surface area contributed by atoms with Gasteiger partial charge in [-0.25, -0.2) is 13.1 Å². The second-order valence-electron chi connectivity index (χ2n) is 6.72. The third-order valence-corrected chi connectivity index (χ3v) is 5.06. The molecule has 0 fully saturated rings. The highest BCUT2D eigenvalue weighted by molar-refractivity contribution is 7.88. The van der Waals surface area contributed by atoms with Gasteiger partial charge in [0.05, 0.1) is 36.4 Å². The molecule has 0 aliphatic carbocycles. The number of fused-ring (bicyclic) bond motifs is 1. The highest BCUT2D eigenvalue weighted by atomic mass is 32.2. The van der Waals surface area contributed by atoms with Crippen LogP contribution in [0.3, 0.4) is 0 Å². The first-order valence-corrected chi connectivity index (χ1v) is 10.4. The van der Waals surface area contributed by atoms with E-state index in [0.29, 0.717) is 0 Å². The molecule has 2 aromatic rings. The van der Waals surface area contributed by atoms with Gasteiger partial charge in [0, 0.05) is 31.9 Å². The van der Waals surface area contributed by atoms with E-state index in [0.717, 1.165) is 62.5 Å². The Kier molecular flexibility index (Phi) is 5.26. The second-order valence-corrected chi connectivity index (χ2v) is 8.56. The Hall–Kier alpha value is -1.71. The quantitative estimate of drug-likeness (QED) is 0.778. The van der Waals surface area contributed by atoms with Gasteiger partial charge in [-0.3, -0.25) is 14.3 Å². The molecule has 1 aliphatic heterocycles. The Morgan fingerprint density at radius 1 is 1.16 bits per heavy atom. The number of aromatic nitrogens is 4. The lowest BCUT2D eigenvalue weighted by atomic mass is 10.2. The van der Waals surface area contributed by atoms with Crippen LogP contribution in [0.15, 0.2) is 12.1 Å². The van der Waals surface area contributed by atoms with Crippen LogP contribution in [0.2, 0.25) is 0 Å². The van der Waals surface area contributed by atoms with Crippen molar-refractivity contribution in [1.82, 2.24) is 29.2 Å². The van der Waals surface area contributed by atoms with Crippen molar-refractivity contribution >= 4 is 10.0 Å². The third kappa shape index (κ3) is 4.90. The maximum Gasteiger partial charge on any atom is 0.209 e. The van der Waals surface area contributed by atoms with E-state index in [4.69, 9.17) is 0 Å². The van der Waals surface area contributed by atoms with Crippen LogP contribution in [0, 0.1) is 13.8 Å². The van der Waals surface area contributed by atoms with E-state index >= 15 is 0 Å². The average Bonchev–Trinajstić information content (AvgIpc) is 3.07. The monoisotopic (exact) mass is 366 g/mol. The molecular formula is C16H26N6O2S. The van der Waals surface area contributed by atoms with Crippen LogP contribution < -0.4 is 4.72 Å². The van der Waals surface area contributed by atoms with Crippen molar-refractivity contribution in [1.29, 1.82) is 0 Å². The first-order chi connectivity index (χ1) is 11.8. The summed E-state index contributed by atoms with van der Waals surface area (Å²) in [5.74, 6) is 0. The molecule has 0 amide bonds. The van der Waals surface area contributed by atoms with Gasteiger partial charge in [-0.05, 0) is 32.4 Å². The molecule has 9 heteroatoms. The summed E-state index contributed by atoms with van der Waals surface area (Å²) in [5.41, 5.74) is 4.18. The summed E-state index contributed by atoms with van der Waals surface area (Å²) < 4.78 is 28.9. The number of aryl methyl sites for hydroxylation is 3. The molecule has 3 heterocycles. The largest absolute Gasteiger partial charge is 0.296 e. The molecule has 8 nitrogen and oxygen atoms in total. The van der Waals surface area contributed by atoms with Gasteiger partial charge in [-0.1, -0.05) is 0 Å². The average molecular weight is 366 g/mol. The summed E-state index contributed by atoms with van der Waals surface area (Å²) in [4.78, 5) is 2.41. The lowest BCUT2D eigenvalue weighted by Crippen LogP contribution is -2.34. The van der Waals surface area contributed by atoms with Gasteiger partial charge < -0.3 is 0 Å². The zero-order chi connectivity index (χ0) is 18.0. The number of nitrogens with one attached hydrogen (secondary N) is 1. The molecule has 0 unspecified atom stereocenters. The van der Waals surface area contributed by atoms with E-state index in [1.807, 2.05) is 17.7 Å². The van der Waals surface area contributed by atoms with Crippen LogP contribution in [0.25, 0.3) is 0 Å². The smallest absolute Gasteiger partial charge is 0.209 e. The summed E-state index contributed by atoms with van der Waals surface area (Å²) in [5, 5.41) is 8.98. The normalized spacial score (nSPS) is 15.5. The molecule has 1 aliphatic rings. The van der Waals surface area contributed by atoms with E-state index in [2.05, 4.69) is 37.5 Å². The summed E-state index contributed by atoms with van der Waals surface area (Å²) in [6, 6.07) is 4.09. The lowest BCUT2D eigenvalue weighted by molar-refractivity contribution is 0.206. The third-order valence-electron chi connectivity index (χ3n) is 4.39. The van der Waals surface area contributed by atoms with E-state index < -0.39 is 10.0 Å². The van der Waals surface area contributed by atoms with Crippen molar-refractivity contribution in [3.63, 3.8) is 0 Å². The van der Waals surface area contributed by atoms with Crippen LogP contribution >= 0.6 is 0 Å². The zero-order valence-electron chi connectivity index (χ0n) is 15.1. The van der Waals surface area contributed by atoms with Crippen LogP contribution in [-0.4, -0.2) is 52.2 Å². The van der Waals surface area contributed by atoms with Crippen molar-refractivity contribution in [3.8, 4) is 0 Å². The zero-order valence-corrected chi connectivity index (χ0v) is 15.9. The Morgan fingerprint density at radius 2 is 1.96 bits per heavy atom. The molecule has 3 rings (SSSR count). The molecule has 2 aromatic heterocycles. The fourth-order valence-corrected chi connectivity index (χ4v) is 3.62. The SMILES string of the molecule is Cc1cc(C)n(CCCN2CCn3nc(CNS(C)(=O)=O)cc3C2)n1. The summed E-state index contributed by atoms with van der Waals surface area (Å²) in [6.07, 6.45) is 2.21. The minimum absolute atomic E-state index is 0.247. The Labute approximate surface area is 148 Å². The maximum absolute atomic E-state index is 11.2. The fraction of sp³-hybridized carbons (Fsp3) is 0.625. The highest BCUT2D eigenvalue weighted by Crippen LogP contribution is 2.14. The maximum atomic E-state index is 11.2. The van der Waals surface area contributed by atoms with Crippen LogP contribution in [0.4, 0.5) is 0 Å². The number of nitrogens with zero attached hydrogens (tertiary/aromatic N) is 5. The van der Waals surface area contributed by atoms with Crippen LogP contribution in [0.5, 0.6) is 0 Å². The predicted octanol–water partition coefficient (Wildman–Crippen LogP) is 0.652. The molecule has 0 spiro atoms. The summed E-state index contributed by atoms with van der Waals surface area (Å²) >= 11 is 0. The first kappa shape index (κ1) is 18.1. The summed E-state index contributed by atoms with van der Waals surface area (Å²) in [6.45, 7) is 8.95. The van der Waals surface area contributed by atoms with Crippen molar-refractivity contribution in [2.24, 2.45) is 0 Å². The number of hydrogen-bond acceptors (Lipinski definition) is 5. The van der Waals surface area contributed by atoms with Crippen LogP contribution in [-0.2, 0) is 36.2 Å². The first-order valence-electron chi connectivity index (χ1n) is 8.54. The minimum Gasteiger partial charge on any atom is -0.296 e. The van der Waals surface area contributed by atoms with Gasteiger partial charge in [0.2, 0.25) is 10.0 Å². The van der Waals surface area contributed by atoms with E-state index in [1.54, 1.807) is 0 Å². The number of hydrogen-bond donors (Lipinski definition) is 1. The lowest BCUT2D eigenvalue weighted by Gasteiger charge is -2.27. The van der Waals surface area contributed by atoms with E-state index in [1.165, 1.54) is 5.69 Å². The number of rotatable bonds is 7. The van der Waals surface area contributed by atoms with Gasteiger partial charge in [0.15, 0.2) is 0 Å². The molecule has 0 radical (unpaired) electrons. The fourth-order valence-electron chi connectivity index (χ4n) is 3.21. The standard InChI is InChI=1S/C16H26N6O2S/c1-13-9-14(2)21(18-13)6-4-5-20-7-8-22-16(12-20)10-15(19-22)11-17-25(3,23)24/h9-10,17H,4-8,11-12H2,1-3H3. The van der Waals surface area contributed by atoms with Gasteiger partial charge >= 0.3 is 0 Å². The van der Waals surface area contributed by atoms with Crippen molar-refractivity contribution in [3.05, 3.63) is 34.9 Å². The molecule has 25 heavy (non-hydrogen) atoms. The Balaban J connectivity index is 1.51. The minimum atomic E-state index is -3.19. The highest BCUT2D eigenvalue weighted by Gasteiger charge is 2.18. The van der Waals surface area contributed by atoms with Gasteiger partial charge in [-0.2, -0.15) is 10.2 Å². The van der Waals surface area contributed by atoms with Gasteiger partial charge in [0.1, 0.15) is 0 Å². The van der Waals surface area contributed by atoms with Crippen molar-refractivity contribution < 1.29 is 8.42 Å². The van der Waals surface area contributed by atoms with E-state index in [-0.39, 0.29) is 6.54 Å². The van der Waals surface area contributed by atoms with Crippen molar-refractivity contribution in [2.75, 3.05) is 19.3 Å². The molecule has 138 valence electrons. The van der Waals surface area contributed by atoms with Gasteiger partial charge in [-0.15, -0.1) is 0 Å². The van der Waals surface area contributed by atoms with Crippen molar-refractivity contribution in [2.45, 2.75) is 46.4 Å². The molecule has 0 atom stereocenters. The molecule has 1 N–H and O–H groups in total. The Morgan fingerprint density at radius 3 is 2.64 bits per heavy atom. The number of sulfonamides is 1. The Bertz CT molecular complexity index is 839. The molecule has 0 saturated heterocycles. The molecule has 0 aromatic carbocycles. The van der Waals surface area contributed by atoms with Crippen LogP contribution in [0.1, 0.15) is 29.2 Å². The second kappa shape index (κ2) is 7.27. The van der Waals surface area contributed by atoms with E-state index in [9.17, 15) is 8.42 Å². The molecule has 0 saturated carbocycles. The molecular weight excluding hydrogens is 340 g/mol. The topological polar surface area (TPSA) is 85.0 Å².